The van der Waals surface area contributed by atoms with E-state index >= 15 is 0 Å². The van der Waals surface area contributed by atoms with Crippen LogP contribution in [0.2, 0.25) is 0 Å². The van der Waals surface area contributed by atoms with E-state index in [9.17, 15) is 4.79 Å². The Hall–Kier alpha value is -2.09. The fourth-order valence-electron chi connectivity index (χ4n) is 2.57. The molecule has 0 unspecified atom stereocenters. The highest BCUT2D eigenvalue weighted by atomic mass is 16.5. The van der Waals surface area contributed by atoms with Crippen LogP contribution in [-0.2, 0) is 11.2 Å². The van der Waals surface area contributed by atoms with Crippen LogP contribution in [0.4, 0.5) is 0 Å². The molecule has 18 heavy (non-hydrogen) atoms. The van der Waals surface area contributed by atoms with Crippen molar-refractivity contribution in [1.82, 2.24) is 0 Å². The molecule has 0 radical (unpaired) electrons. The number of hydrogen-bond acceptors (Lipinski definition) is 2. The van der Waals surface area contributed by atoms with Crippen molar-refractivity contribution in [2.24, 2.45) is 0 Å². The van der Waals surface area contributed by atoms with E-state index in [1.165, 1.54) is 11.1 Å². The van der Waals surface area contributed by atoms with Crippen LogP contribution in [0.25, 0.3) is 11.1 Å². The van der Waals surface area contributed by atoms with Crippen molar-refractivity contribution in [2.75, 3.05) is 6.61 Å². The van der Waals surface area contributed by atoms with Crippen LogP contribution in [0.3, 0.4) is 0 Å². The number of ether oxygens (including phenoxy) is 1. The highest BCUT2D eigenvalue weighted by molar-refractivity contribution is 6.00. The average Bonchev–Trinajstić information content (AvgIpc) is 2.77. The number of fused-ring (bicyclic) bond motifs is 3. The highest BCUT2D eigenvalue weighted by Crippen LogP contribution is 2.38. The van der Waals surface area contributed by atoms with Crippen molar-refractivity contribution in [1.29, 1.82) is 0 Å². The molecule has 0 saturated heterocycles. The van der Waals surface area contributed by atoms with Gasteiger partial charge >= 0.3 is 5.97 Å². The molecule has 1 aliphatic carbocycles. The predicted molar refractivity (Wildman–Crippen MR) is 70.6 cm³/mol. The molecule has 0 bridgehead atoms. The lowest BCUT2D eigenvalue weighted by atomic mass is 10.00. The molecule has 0 spiro atoms. The van der Waals surface area contributed by atoms with E-state index in [1.54, 1.807) is 0 Å². The number of carbonyl (C=O) groups excluding carboxylic acids is 1. The number of hydrogen-bond donors (Lipinski definition) is 0. The predicted octanol–water partition coefficient (Wildman–Crippen LogP) is 3.43. The molecular formula is C16H14O2. The summed E-state index contributed by atoms with van der Waals surface area (Å²) in [5.41, 5.74) is 5.38. The first-order valence-corrected chi connectivity index (χ1v) is 6.18. The van der Waals surface area contributed by atoms with Crippen molar-refractivity contribution in [3.05, 3.63) is 59.2 Å². The molecule has 0 fully saturated rings. The smallest absolute Gasteiger partial charge is 0.338 e. The third-order valence-electron chi connectivity index (χ3n) is 3.31. The van der Waals surface area contributed by atoms with Gasteiger partial charge in [0.15, 0.2) is 0 Å². The van der Waals surface area contributed by atoms with Gasteiger partial charge in [0.2, 0.25) is 0 Å². The van der Waals surface area contributed by atoms with Crippen LogP contribution in [0.15, 0.2) is 42.5 Å². The van der Waals surface area contributed by atoms with Gasteiger partial charge in [0, 0.05) is 0 Å². The van der Waals surface area contributed by atoms with Crippen molar-refractivity contribution in [3.63, 3.8) is 0 Å². The van der Waals surface area contributed by atoms with Gasteiger partial charge in [-0.25, -0.2) is 4.79 Å². The van der Waals surface area contributed by atoms with Crippen molar-refractivity contribution in [2.45, 2.75) is 13.3 Å². The third kappa shape index (κ3) is 1.61. The van der Waals surface area contributed by atoms with E-state index in [0.717, 1.165) is 17.5 Å². The fraction of sp³-hybridized carbons (Fsp3) is 0.188. The highest BCUT2D eigenvalue weighted by Gasteiger charge is 2.24. The minimum atomic E-state index is -0.231. The molecule has 3 rings (SSSR count). The SMILES string of the molecule is CCOC(=O)c1cccc2c1-c1ccccc1C2. The number of esters is 1. The Morgan fingerprint density at radius 2 is 1.89 bits per heavy atom. The van der Waals surface area contributed by atoms with Crippen LogP contribution in [0.5, 0.6) is 0 Å². The maximum absolute atomic E-state index is 12.0. The molecule has 2 heteroatoms. The van der Waals surface area contributed by atoms with Crippen molar-refractivity contribution < 1.29 is 9.53 Å². The lowest BCUT2D eigenvalue weighted by molar-refractivity contribution is 0.0527. The summed E-state index contributed by atoms with van der Waals surface area (Å²) in [6.07, 6.45) is 0.902. The zero-order chi connectivity index (χ0) is 12.5. The number of benzene rings is 2. The second kappa shape index (κ2) is 4.30. The quantitative estimate of drug-likeness (QED) is 0.639. The van der Waals surface area contributed by atoms with E-state index < -0.39 is 0 Å². The fourth-order valence-corrected chi connectivity index (χ4v) is 2.57. The van der Waals surface area contributed by atoms with Crippen LogP contribution in [-0.4, -0.2) is 12.6 Å². The topological polar surface area (TPSA) is 26.3 Å². The van der Waals surface area contributed by atoms with Crippen molar-refractivity contribution >= 4 is 5.97 Å². The Labute approximate surface area is 106 Å². The lowest BCUT2D eigenvalue weighted by Crippen LogP contribution is -2.06. The first-order valence-electron chi connectivity index (χ1n) is 6.18. The van der Waals surface area contributed by atoms with Gasteiger partial charge in [-0.3, -0.25) is 0 Å². The van der Waals surface area contributed by atoms with Gasteiger partial charge in [0.25, 0.3) is 0 Å². The van der Waals surface area contributed by atoms with Gasteiger partial charge in [0.05, 0.1) is 12.2 Å². The van der Waals surface area contributed by atoms with Gasteiger partial charge in [-0.15, -0.1) is 0 Å². The Morgan fingerprint density at radius 1 is 1.11 bits per heavy atom. The Balaban J connectivity index is 2.17. The minimum absolute atomic E-state index is 0.231. The van der Waals surface area contributed by atoms with Gasteiger partial charge in [-0.1, -0.05) is 36.4 Å². The van der Waals surface area contributed by atoms with E-state index in [-0.39, 0.29) is 5.97 Å². The molecule has 2 nitrogen and oxygen atoms in total. The second-order valence-corrected chi connectivity index (χ2v) is 4.39. The first kappa shape index (κ1) is 11.0. The molecule has 1 aliphatic rings. The third-order valence-corrected chi connectivity index (χ3v) is 3.31. The second-order valence-electron chi connectivity index (χ2n) is 4.39. The molecule has 0 saturated carbocycles. The summed E-state index contributed by atoms with van der Waals surface area (Å²) in [5.74, 6) is -0.231. The van der Waals surface area contributed by atoms with Gasteiger partial charge < -0.3 is 4.74 Å². The average molecular weight is 238 g/mol. The molecule has 2 aromatic rings. The molecule has 2 aromatic carbocycles. The largest absolute Gasteiger partial charge is 0.462 e. The van der Waals surface area contributed by atoms with E-state index in [0.29, 0.717) is 12.2 Å². The van der Waals surface area contributed by atoms with Crippen molar-refractivity contribution in [3.8, 4) is 11.1 Å². The Kier molecular flexibility index (Phi) is 2.63. The van der Waals surface area contributed by atoms with E-state index in [2.05, 4.69) is 18.2 Å². The molecule has 90 valence electrons. The molecule has 0 aromatic heterocycles. The van der Waals surface area contributed by atoms with Crippen LogP contribution >= 0.6 is 0 Å². The lowest BCUT2D eigenvalue weighted by Gasteiger charge is -2.08. The molecular weight excluding hydrogens is 224 g/mol. The number of rotatable bonds is 2. The summed E-state index contributed by atoms with van der Waals surface area (Å²) in [4.78, 5) is 12.0. The monoisotopic (exact) mass is 238 g/mol. The Morgan fingerprint density at radius 3 is 2.72 bits per heavy atom. The zero-order valence-electron chi connectivity index (χ0n) is 10.3. The van der Waals surface area contributed by atoms with Crippen LogP contribution in [0, 0.1) is 0 Å². The Bertz CT molecular complexity index is 614. The summed E-state index contributed by atoms with van der Waals surface area (Å²) in [6, 6.07) is 14.1. The van der Waals surface area contributed by atoms with E-state index in [1.807, 2.05) is 31.2 Å². The minimum Gasteiger partial charge on any atom is -0.462 e. The first-order chi connectivity index (χ1) is 8.81. The van der Waals surface area contributed by atoms with Gasteiger partial charge in [-0.2, -0.15) is 0 Å². The standard InChI is InChI=1S/C16H14O2/c1-2-18-16(17)14-9-5-7-12-10-11-6-3-4-8-13(11)15(12)14/h3-9H,2,10H2,1H3. The summed E-state index contributed by atoms with van der Waals surface area (Å²) in [7, 11) is 0. The molecule has 0 amide bonds. The maximum Gasteiger partial charge on any atom is 0.338 e. The normalized spacial score (nSPS) is 11.8. The summed E-state index contributed by atoms with van der Waals surface area (Å²) in [6.45, 7) is 2.24. The zero-order valence-corrected chi connectivity index (χ0v) is 10.3. The summed E-state index contributed by atoms with van der Waals surface area (Å²) in [5, 5.41) is 0. The van der Waals surface area contributed by atoms with Gasteiger partial charge in [0.1, 0.15) is 0 Å². The number of carbonyl (C=O) groups is 1. The van der Waals surface area contributed by atoms with E-state index in [4.69, 9.17) is 4.74 Å². The summed E-state index contributed by atoms with van der Waals surface area (Å²) < 4.78 is 5.13. The maximum atomic E-state index is 12.0. The van der Waals surface area contributed by atoms with Crippen LogP contribution < -0.4 is 0 Å². The van der Waals surface area contributed by atoms with Gasteiger partial charge in [-0.05, 0) is 41.7 Å². The summed E-state index contributed by atoms with van der Waals surface area (Å²) >= 11 is 0. The molecule has 0 N–H and O–H groups in total. The van der Waals surface area contributed by atoms with Crippen LogP contribution in [0.1, 0.15) is 28.4 Å². The molecule has 0 aliphatic heterocycles. The molecule has 0 heterocycles. The molecule has 0 atom stereocenters.